The molecular weight excluding hydrogens is 156 g/mol. The maximum Gasteiger partial charge on any atom is 0.333 e. The Morgan fingerprint density at radius 3 is 2.92 bits per heavy atom. The Morgan fingerprint density at radius 1 is 1.75 bits per heavy atom. The summed E-state index contributed by atoms with van der Waals surface area (Å²) in [6.07, 6.45) is 3.01. The van der Waals surface area contributed by atoms with Gasteiger partial charge in [0.25, 0.3) is 0 Å². The zero-order chi connectivity index (χ0) is 9.14. The van der Waals surface area contributed by atoms with E-state index in [9.17, 15) is 9.59 Å². The highest BCUT2D eigenvalue weighted by Crippen LogP contribution is 2.18. The molecule has 0 saturated carbocycles. The molecule has 0 aromatic rings. The molecule has 1 aliphatic rings. The molecule has 0 aliphatic carbocycles. The van der Waals surface area contributed by atoms with E-state index in [4.69, 9.17) is 4.74 Å². The minimum Gasteiger partial charge on any atom is -0.458 e. The molecule has 0 N–H and O–H groups in total. The van der Waals surface area contributed by atoms with Gasteiger partial charge in [-0.1, -0.05) is 13.0 Å². The molecule has 66 valence electrons. The lowest BCUT2D eigenvalue weighted by Gasteiger charge is -2.23. The highest BCUT2D eigenvalue weighted by atomic mass is 16.5. The van der Waals surface area contributed by atoms with E-state index in [1.807, 2.05) is 6.08 Å². The molecule has 1 aliphatic heterocycles. The van der Waals surface area contributed by atoms with Gasteiger partial charge >= 0.3 is 5.97 Å². The van der Waals surface area contributed by atoms with E-state index in [1.54, 1.807) is 13.8 Å². The molecule has 2 unspecified atom stereocenters. The SMILES string of the molecule is CC1=CCC(C(C)C=O)OC1=O. The Bertz CT molecular complexity index is 230. The molecule has 2 atom stereocenters. The third kappa shape index (κ3) is 1.72. The number of hydrogen-bond donors (Lipinski definition) is 0. The molecule has 1 rings (SSSR count). The molecule has 0 spiro atoms. The molecule has 0 aromatic carbocycles. The molecule has 3 heteroatoms. The number of carbonyl (C=O) groups excluding carboxylic acids is 2. The summed E-state index contributed by atoms with van der Waals surface area (Å²) in [4.78, 5) is 21.4. The van der Waals surface area contributed by atoms with Crippen molar-refractivity contribution in [3.8, 4) is 0 Å². The van der Waals surface area contributed by atoms with Crippen molar-refractivity contribution in [2.24, 2.45) is 5.92 Å². The number of carbonyl (C=O) groups is 2. The topological polar surface area (TPSA) is 43.4 Å². The fourth-order valence-electron chi connectivity index (χ4n) is 1.06. The Labute approximate surface area is 71.4 Å². The lowest BCUT2D eigenvalue weighted by Crippen LogP contribution is -2.29. The average molecular weight is 168 g/mol. The van der Waals surface area contributed by atoms with E-state index in [-0.39, 0.29) is 18.0 Å². The quantitative estimate of drug-likeness (QED) is 0.457. The Morgan fingerprint density at radius 2 is 2.42 bits per heavy atom. The van der Waals surface area contributed by atoms with Crippen LogP contribution in [0.2, 0.25) is 0 Å². The Kier molecular flexibility index (Phi) is 2.63. The molecule has 0 bridgehead atoms. The minimum atomic E-state index is -0.306. The summed E-state index contributed by atoms with van der Waals surface area (Å²) in [5.74, 6) is -0.516. The van der Waals surface area contributed by atoms with Crippen molar-refractivity contribution in [1.82, 2.24) is 0 Å². The summed E-state index contributed by atoms with van der Waals surface area (Å²) in [6.45, 7) is 3.46. The molecular formula is C9H12O3. The number of ether oxygens (including phenoxy) is 1. The third-order valence-electron chi connectivity index (χ3n) is 2.04. The van der Waals surface area contributed by atoms with E-state index in [2.05, 4.69) is 0 Å². The van der Waals surface area contributed by atoms with Crippen molar-refractivity contribution in [2.45, 2.75) is 26.4 Å². The number of rotatable bonds is 2. The molecule has 0 fully saturated rings. The second-order valence-electron chi connectivity index (χ2n) is 3.06. The van der Waals surface area contributed by atoms with Gasteiger partial charge in [-0.2, -0.15) is 0 Å². The van der Waals surface area contributed by atoms with Crippen LogP contribution in [0.5, 0.6) is 0 Å². The zero-order valence-electron chi connectivity index (χ0n) is 7.24. The van der Waals surface area contributed by atoms with Crippen molar-refractivity contribution in [3.63, 3.8) is 0 Å². The molecule has 12 heavy (non-hydrogen) atoms. The molecule has 1 heterocycles. The van der Waals surface area contributed by atoms with Crippen LogP contribution >= 0.6 is 0 Å². The van der Waals surface area contributed by atoms with Crippen molar-refractivity contribution >= 4 is 12.3 Å². The monoisotopic (exact) mass is 168 g/mol. The largest absolute Gasteiger partial charge is 0.458 e. The van der Waals surface area contributed by atoms with Crippen LogP contribution in [-0.4, -0.2) is 18.4 Å². The maximum atomic E-state index is 11.0. The van der Waals surface area contributed by atoms with Gasteiger partial charge in [-0.3, -0.25) is 0 Å². The van der Waals surface area contributed by atoms with E-state index in [0.29, 0.717) is 12.0 Å². The van der Waals surface area contributed by atoms with Gasteiger partial charge in [0.15, 0.2) is 0 Å². The average Bonchev–Trinajstić information content (AvgIpc) is 2.08. The lowest BCUT2D eigenvalue weighted by atomic mass is 10.00. The van der Waals surface area contributed by atoms with Crippen LogP contribution in [0.4, 0.5) is 0 Å². The summed E-state index contributed by atoms with van der Waals surface area (Å²) in [5.41, 5.74) is 0.629. The predicted octanol–water partition coefficient (Wildman–Crippen LogP) is 1.08. The van der Waals surface area contributed by atoms with Crippen LogP contribution in [0, 0.1) is 5.92 Å². The molecule has 0 amide bonds. The van der Waals surface area contributed by atoms with Gasteiger partial charge < -0.3 is 9.53 Å². The summed E-state index contributed by atoms with van der Waals surface area (Å²) >= 11 is 0. The van der Waals surface area contributed by atoms with Crippen molar-refractivity contribution in [2.75, 3.05) is 0 Å². The second-order valence-corrected chi connectivity index (χ2v) is 3.06. The van der Waals surface area contributed by atoms with E-state index in [0.717, 1.165) is 6.29 Å². The minimum absolute atomic E-state index is 0.210. The molecule has 0 radical (unpaired) electrons. The number of cyclic esters (lactones) is 1. The van der Waals surface area contributed by atoms with Gasteiger partial charge in [0.2, 0.25) is 0 Å². The second kappa shape index (κ2) is 3.52. The van der Waals surface area contributed by atoms with Gasteiger partial charge in [-0.15, -0.1) is 0 Å². The van der Waals surface area contributed by atoms with Gasteiger partial charge in [-0.25, -0.2) is 4.79 Å². The molecule has 0 aromatic heterocycles. The third-order valence-corrected chi connectivity index (χ3v) is 2.04. The highest BCUT2D eigenvalue weighted by Gasteiger charge is 2.24. The zero-order valence-corrected chi connectivity index (χ0v) is 7.24. The fraction of sp³-hybridized carbons (Fsp3) is 0.556. The molecule has 0 saturated heterocycles. The summed E-state index contributed by atoms with van der Waals surface area (Å²) in [7, 11) is 0. The van der Waals surface area contributed by atoms with Crippen molar-refractivity contribution in [3.05, 3.63) is 11.6 Å². The standard InChI is InChI=1S/C9H12O3/c1-6-3-4-8(7(2)5-10)12-9(6)11/h3,5,7-8H,4H2,1-2H3. The molecule has 3 nitrogen and oxygen atoms in total. The van der Waals surface area contributed by atoms with Crippen LogP contribution in [-0.2, 0) is 14.3 Å². The summed E-state index contributed by atoms with van der Waals surface area (Å²) < 4.78 is 5.01. The van der Waals surface area contributed by atoms with Gasteiger partial charge in [0.1, 0.15) is 12.4 Å². The smallest absolute Gasteiger partial charge is 0.333 e. The normalized spacial score (nSPS) is 25.7. The lowest BCUT2D eigenvalue weighted by molar-refractivity contribution is -0.148. The van der Waals surface area contributed by atoms with E-state index >= 15 is 0 Å². The van der Waals surface area contributed by atoms with Gasteiger partial charge in [-0.05, 0) is 6.92 Å². The summed E-state index contributed by atoms with van der Waals surface area (Å²) in [6, 6.07) is 0. The Hall–Kier alpha value is -1.12. The van der Waals surface area contributed by atoms with Crippen LogP contribution in [0.3, 0.4) is 0 Å². The van der Waals surface area contributed by atoms with Crippen LogP contribution in [0.15, 0.2) is 11.6 Å². The number of aldehydes is 1. The maximum absolute atomic E-state index is 11.0. The first-order chi connectivity index (χ1) is 5.65. The first kappa shape index (κ1) is 8.97. The fourth-order valence-corrected chi connectivity index (χ4v) is 1.06. The highest BCUT2D eigenvalue weighted by molar-refractivity contribution is 5.88. The van der Waals surface area contributed by atoms with Crippen LogP contribution < -0.4 is 0 Å². The predicted molar refractivity (Wildman–Crippen MR) is 43.5 cm³/mol. The van der Waals surface area contributed by atoms with Crippen molar-refractivity contribution < 1.29 is 14.3 Å². The first-order valence-corrected chi connectivity index (χ1v) is 3.98. The number of esters is 1. The number of hydrogen-bond acceptors (Lipinski definition) is 3. The van der Waals surface area contributed by atoms with E-state index in [1.165, 1.54) is 0 Å². The van der Waals surface area contributed by atoms with Crippen LogP contribution in [0.25, 0.3) is 0 Å². The van der Waals surface area contributed by atoms with Gasteiger partial charge in [0, 0.05) is 17.9 Å². The van der Waals surface area contributed by atoms with Gasteiger partial charge in [0.05, 0.1) is 0 Å². The van der Waals surface area contributed by atoms with Crippen LogP contribution in [0.1, 0.15) is 20.3 Å². The Balaban J connectivity index is 2.64. The van der Waals surface area contributed by atoms with Crippen molar-refractivity contribution in [1.29, 1.82) is 0 Å². The first-order valence-electron chi connectivity index (χ1n) is 3.98. The van der Waals surface area contributed by atoms with E-state index < -0.39 is 0 Å². The summed E-state index contributed by atoms with van der Waals surface area (Å²) in [5, 5.41) is 0.